The van der Waals surface area contributed by atoms with Gasteiger partial charge in [-0.05, 0) is 74.9 Å². The van der Waals surface area contributed by atoms with Crippen LogP contribution >= 0.6 is 0 Å². The van der Waals surface area contributed by atoms with Crippen LogP contribution in [0.1, 0.15) is 39.5 Å². The monoisotopic (exact) mass is 480 g/mol. The number of hydrogen-bond donors (Lipinski definition) is 0. The molecule has 2 fully saturated rings. The Hall–Kier alpha value is -3.80. The van der Waals surface area contributed by atoms with Crippen molar-refractivity contribution in [1.29, 1.82) is 0 Å². The Morgan fingerprint density at radius 2 is 0.861 bits per heavy atom. The molecule has 0 spiro atoms. The van der Waals surface area contributed by atoms with Gasteiger partial charge in [-0.25, -0.2) is 0 Å². The minimum Gasteiger partial charge on any atom is -0.274 e. The molecular weight excluding hydrogens is 452 g/mol. The molecule has 182 valence electrons. The van der Waals surface area contributed by atoms with Gasteiger partial charge in [-0.15, -0.1) is 0 Å². The van der Waals surface area contributed by atoms with Crippen LogP contribution in [0.4, 0.5) is 11.4 Å². The predicted octanol–water partition coefficient (Wildman–Crippen LogP) is 5.05. The molecule has 0 bridgehead atoms. The molecule has 36 heavy (non-hydrogen) atoms. The van der Waals surface area contributed by atoms with E-state index < -0.39 is 0 Å². The fourth-order valence-electron chi connectivity index (χ4n) is 6.19. The third kappa shape index (κ3) is 3.47. The van der Waals surface area contributed by atoms with Crippen LogP contribution in [-0.4, -0.2) is 23.6 Å². The van der Waals surface area contributed by atoms with Crippen LogP contribution in [0.15, 0.2) is 71.8 Å². The zero-order valence-electron chi connectivity index (χ0n) is 20.4. The van der Waals surface area contributed by atoms with Crippen molar-refractivity contribution >= 4 is 35.0 Å². The normalized spacial score (nSPS) is 27.7. The Kier molecular flexibility index (Phi) is 5.29. The van der Waals surface area contributed by atoms with E-state index in [0.717, 1.165) is 11.1 Å². The number of benzene rings is 2. The van der Waals surface area contributed by atoms with E-state index in [-0.39, 0.29) is 47.3 Å². The van der Waals surface area contributed by atoms with Crippen LogP contribution in [0.2, 0.25) is 0 Å². The molecule has 2 aliphatic carbocycles. The SMILES string of the molecule is CC1=CC[C@@H]2C(=O)N(c3ccc(-c4ccc(N5C(=O)[C@H]6CC=C(C)C[C@H]6C5=O)cc4)cc3)C(=O)[C@@H]2C1. The van der Waals surface area contributed by atoms with Gasteiger partial charge in [0.05, 0.1) is 35.0 Å². The Morgan fingerprint density at radius 1 is 0.528 bits per heavy atom. The average molecular weight is 481 g/mol. The van der Waals surface area contributed by atoms with E-state index in [2.05, 4.69) is 12.2 Å². The third-order valence-corrected chi connectivity index (χ3v) is 8.23. The maximum Gasteiger partial charge on any atom is 0.238 e. The van der Waals surface area contributed by atoms with E-state index in [1.807, 2.05) is 62.4 Å². The summed E-state index contributed by atoms with van der Waals surface area (Å²) in [6.45, 7) is 4.02. The number of nitrogens with zero attached hydrogens (tertiary/aromatic N) is 2. The molecule has 0 radical (unpaired) electrons. The Morgan fingerprint density at radius 3 is 1.22 bits per heavy atom. The van der Waals surface area contributed by atoms with Gasteiger partial charge in [-0.2, -0.15) is 0 Å². The van der Waals surface area contributed by atoms with E-state index in [9.17, 15) is 19.2 Å². The molecule has 6 nitrogen and oxygen atoms in total. The number of anilines is 2. The van der Waals surface area contributed by atoms with Gasteiger partial charge in [0.15, 0.2) is 0 Å². The highest BCUT2D eigenvalue weighted by atomic mass is 16.2. The molecule has 6 rings (SSSR count). The van der Waals surface area contributed by atoms with Gasteiger partial charge in [-0.1, -0.05) is 47.6 Å². The van der Waals surface area contributed by atoms with Gasteiger partial charge in [0.2, 0.25) is 23.6 Å². The van der Waals surface area contributed by atoms with Crippen LogP contribution in [-0.2, 0) is 19.2 Å². The Balaban J connectivity index is 1.20. The lowest BCUT2D eigenvalue weighted by molar-refractivity contribution is -0.124. The van der Waals surface area contributed by atoms with Crippen molar-refractivity contribution in [1.82, 2.24) is 0 Å². The summed E-state index contributed by atoms with van der Waals surface area (Å²) in [7, 11) is 0. The molecular formula is C30H28N2O4. The number of imide groups is 2. The highest BCUT2D eigenvalue weighted by molar-refractivity contribution is 6.23. The van der Waals surface area contributed by atoms with Gasteiger partial charge in [0, 0.05) is 0 Å². The van der Waals surface area contributed by atoms with Crippen molar-refractivity contribution in [2.24, 2.45) is 23.7 Å². The number of fused-ring (bicyclic) bond motifs is 2. The maximum absolute atomic E-state index is 13.0. The van der Waals surface area contributed by atoms with E-state index in [0.29, 0.717) is 37.1 Å². The predicted molar refractivity (Wildman–Crippen MR) is 137 cm³/mol. The average Bonchev–Trinajstić information content (AvgIpc) is 3.27. The van der Waals surface area contributed by atoms with Crippen LogP contribution in [0.3, 0.4) is 0 Å². The first kappa shape index (κ1) is 22.7. The summed E-state index contributed by atoms with van der Waals surface area (Å²) in [5.74, 6) is -1.47. The lowest BCUT2D eigenvalue weighted by Gasteiger charge is -2.18. The summed E-state index contributed by atoms with van der Waals surface area (Å²) in [5.41, 5.74) is 5.37. The topological polar surface area (TPSA) is 74.8 Å². The van der Waals surface area contributed by atoms with Crippen LogP contribution < -0.4 is 9.80 Å². The second-order valence-electron chi connectivity index (χ2n) is 10.5. The number of carbonyl (C=O) groups is 4. The van der Waals surface area contributed by atoms with Crippen LogP contribution in [0.5, 0.6) is 0 Å². The number of allylic oxidation sites excluding steroid dienone is 4. The van der Waals surface area contributed by atoms with Crippen molar-refractivity contribution in [3.05, 3.63) is 71.8 Å². The fraction of sp³-hybridized carbons (Fsp3) is 0.333. The molecule has 0 saturated carbocycles. The molecule has 2 heterocycles. The van der Waals surface area contributed by atoms with E-state index in [1.165, 1.54) is 20.9 Å². The summed E-state index contributed by atoms with van der Waals surface area (Å²) in [5, 5.41) is 0. The van der Waals surface area contributed by atoms with E-state index in [1.54, 1.807) is 0 Å². The standard InChI is InChI=1S/C30H28N2O4/c1-17-3-13-23-25(15-17)29(35)31(27(23)33)21-9-5-19(6-10-21)20-7-11-22(12-8-20)32-28(34)24-14-4-18(2)16-26(24)30(32)36/h3-12,23-26H,13-16H2,1-2H3/t23-,24-,25+,26+/m0/s1. The van der Waals surface area contributed by atoms with E-state index in [4.69, 9.17) is 0 Å². The lowest BCUT2D eigenvalue weighted by Crippen LogP contribution is -2.30. The summed E-state index contributed by atoms with van der Waals surface area (Å²) in [6.07, 6.45) is 6.68. The van der Waals surface area contributed by atoms with Gasteiger partial charge in [-0.3, -0.25) is 29.0 Å². The third-order valence-electron chi connectivity index (χ3n) is 8.23. The molecule has 0 unspecified atom stereocenters. The molecule has 2 aliphatic heterocycles. The lowest BCUT2D eigenvalue weighted by atomic mass is 9.82. The molecule has 2 aromatic carbocycles. The molecule has 4 aliphatic rings. The largest absolute Gasteiger partial charge is 0.274 e. The molecule has 4 amide bonds. The zero-order chi connectivity index (χ0) is 25.1. The zero-order valence-corrected chi connectivity index (χ0v) is 20.4. The minimum atomic E-state index is -0.257. The molecule has 2 saturated heterocycles. The van der Waals surface area contributed by atoms with Crippen LogP contribution in [0.25, 0.3) is 11.1 Å². The smallest absolute Gasteiger partial charge is 0.238 e. The molecule has 4 atom stereocenters. The second kappa shape index (κ2) is 8.40. The van der Waals surface area contributed by atoms with Gasteiger partial charge >= 0.3 is 0 Å². The van der Waals surface area contributed by atoms with Crippen molar-refractivity contribution < 1.29 is 19.2 Å². The summed E-state index contributed by atoms with van der Waals surface area (Å²) < 4.78 is 0. The minimum absolute atomic E-state index is 0.111. The summed E-state index contributed by atoms with van der Waals surface area (Å²) in [6, 6.07) is 14.8. The molecule has 0 aromatic heterocycles. The molecule has 6 heteroatoms. The second-order valence-corrected chi connectivity index (χ2v) is 10.5. The van der Waals surface area contributed by atoms with Crippen molar-refractivity contribution in [2.45, 2.75) is 39.5 Å². The summed E-state index contributed by atoms with van der Waals surface area (Å²) in [4.78, 5) is 54.6. The van der Waals surface area contributed by atoms with Gasteiger partial charge in [0.25, 0.3) is 0 Å². The number of hydrogen-bond acceptors (Lipinski definition) is 4. The van der Waals surface area contributed by atoms with Crippen molar-refractivity contribution in [3.63, 3.8) is 0 Å². The Bertz CT molecular complexity index is 1250. The molecule has 0 N–H and O–H groups in total. The fourth-order valence-corrected chi connectivity index (χ4v) is 6.19. The number of rotatable bonds is 3. The highest BCUT2D eigenvalue weighted by Gasteiger charge is 2.49. The first-order valence-electron chi connectivity index (χ1n) is 12.6. The van der Waals surface area contributed by atoms with Gasteiger partial charge in [0.1, 0.15) is 0 Å². The van der Waals surface area contributed by atoms with Crippen molar-refractivity contribution in [3.8, 4) is 11.1 Å². The Labute approximate surface area is 210 Å². The number of amides is 4. The number of carbonyl (C=O) groups excluding carboxylic acids is 4. The van der Waals surface area contributed by atoms with E-state index >= 15 is 0 Å². The quantitative estimate of drug-likeness (QED) is 0.455. The maximum atomic E-state index is 13.0. The van der Waals surface area contributed by atoms with Gasteiger partial charge < -0.3 is 0 Å². The first-order valence-corrected chi connectivity index (χ1v) is 12.6. The molecule has 2 aromatic rings. The van der Waals surface area contributed by atoms with Crippen LogP contribution in [0, 0.1) is 23.7 Å². The first-order chi connectivity index (χ1) is 17.3. The summed E-state index contributed by atoms with van der Waals surface area (Å²) >= 11 is 0. The highest BCUT2D eigenvalue weighted by Crippen LogP contribution is 2.41. The van der Waals surface area contributed by atoms with Crippen molar-refractivity contribution in [2.75, 3.05) is 9.80 Å².